The quantitative estimate of drug-likeness (QED) is 0.687. The molecule has 1 aromatic carbocycles. The molecule has 1 amide bonds. The number of amides is 1. The Balaban J connectivity index is 1.67. The Bertz CT molecular complexity index is 1240. The monoisotopic (exact) mass is 428 g/mol. The second-order valence-corrected chi connectivity index (χ2v) is 10.5. The number of aromatic nitrogens is 3. The van der Waals surface area contributed by atoms with Crippen LogP contribution in [-0.4, -0.2) is 40.5 Å². The molecule has 0 bridgehead atoms. The fourth-order valence-electron chi connectivity index (χ4n) is 4.81. The summed E-state index contributed by atoms with van der Waals surface area (Å²) in [5.74, 6) is 1.84. The van der Waals surface area contributed by atoms with Crippen LogP contribution in [0.2, 0.25) is 0 Å². The number of benzene rings is 1. The van der Waals surface area contributed by atoms with Crippen molar-refractivity contribution in [2.45, 2.75) is 51.6 Å². The molecule has 2 atom stereocenters. The summed E-state index contributed by atoms with van der Waals surface area (Å²) >= 11 is 0. The van der Waals surface area contributed by atoms with Crippen molar-refractivity contribution in [2.75, 3.05) is 11.5 Å². The largest absolute Gasteiger partial charge is 0.361 e. The van der Waals surface area contributed by atoms with E-state index in [4.69, 9.17) is 9.51 Å². The van der Waals surface area contributed by atoms with E-state index in [-0.39, 0.29) is 29.5 Å². The number of carbonyl (C=O) groups is 1. The number of hydrogen-bond acceptors (Lipinski definition) is 6. The maximum Gasteiger partial charge on any atom is 0.220 e. The van der Waals surface area contributed by atoms with Crippen LogP contribution in [0, 0.1) is 13.8 Å². The fraction of sp³-hybridized carbons (Fsp3) is 0.476. The minimum Gasteiger partial charge on any atom is -0.361 e. The van der Waals surface area contributed by atoms with Crippen LogP contribution in [0.4, 0.5) is 0 Å². The van der Waals surface area contributed by atoms with E-state index >= 15 is 0 Å². The fourth-order valence-corrected chi connectivity index (χ4v) is 6.48. The van der Waals surface area contributed by atoms with Crippen LogP contribution in [0.5, 0.6) is 0 Å². The van der Waals surface area contributed by atoms with E-state index in [1.807, 2.05) is 32.0 Å². The zero-order valence-electron chi connectivity index (χ0n) is 17.0. The molecule has 2 aliphatic rings. The smallest absolute Gasteiger partial charge is 0.220 e. The highest BCUT2D eigenvalue weighted by Gasteiger charge is 2.33. The van der Waals surface area contributed by atoms with E-state index < -0.39 is 9.84 Å². The summed E-state index contributed by atoms with van der Waals surface area (Å²) in [6.45, 7) is 3.78. The van der Waals surface area contributed by atoms with E-state index in [1.54, 1.807) is 0 Å². The first kappa shape index (κ1) is 19.3. The molecule has 30 heavy (non-hydrogen) atoms. The molecule has 2 saturated heterocycles. The molecule has 4 heterocycles. The van der Waals surface area contributed by atoms with Crippen molar-refractivity contribution in [1.82, 2.24) is 20.0 Å². The van der Waals surface area contributed by atoms with Crippen LogP contribution in [0.1, 0.15) is 55.0 Å². The standard InChI is InChI=1S/C21H24N4O4S/c1-12-20(13(2)29-24-12)14-5-7-18-17(10-14)23-21(16-6-8-19(26)22-16)25(18)15-4-3-9-30(27,28)11-15/h5,7,10,15-16H,3-4,6,8-9,11H2,1-2H3,(H,22,26)/t15-,16-/m0/s1. The Kier molecular flexibility index (Phi) is 4.46. The maximum atomic E-state index is 12.3. The number of sulfone groups is 1. The highest BCUT2D eigenvalue weighted by Crippen LogP contribution is 2.36. The van der Waals surface area contributed by atoms with Gasteiger partial charge in [-0.3, -0.25) is 4.79 Å². The number of nitrogens with one attached hydrogen (secondary N) is 1. The van der Waals surface area contributed by atoms with Gasteiger partial charge in [0, 0.05) is 18.0 Å². The first-order valence-corrected chi connectivity index (χ1v) is 12.1. The molecule has 0 aliphatic carbocycles. The molecule has 158 valence electrons. The molecule has 0 spiro atoms. The molecule has 1 N–H and O–H groups in total. The molecule has 0 saturated carbocycles. The van der Waals surface area contributed by atoms with Crippen LogP contribution in [0.15, 0.2) is 22.7 Å². The molecule has 5 rings (SSSR count). The van der Waals surface area contributed by atoms with Gasteiger partial charge in [-0.05, 0) is 50.8 Å². The van der Waals surface area contributed by atoms with Gasteiger partial charge >= 0.3 is 0 Å². The number of aryl methyl sites for hydroxylation is 2. The van der Waals surface area contributed by atoms with Gasteiger partial charge in [0.1, 0.15) is 11.6 Å². The number of carbonyl (C=O) groups excluding carboxylic acids is 1. The summed E-state index contributed by atoms with van der Waals surface area (Å²) < 4.78 is 32.0. The average molecular weight is 429 g/mol. The normalized spacial score (nSPS) is 23.7. The van der Waals surface area contributed by atoms with Gasteiger partial charge in [0.15, 0.2) is 9.84 Å². The van der Waals surface area contributed by atoms with Crippen molar-refractivity contribution in [1.29, 1.82) is 0 Å². The lowest BCUT2D eigenvalue weighted by molar-refractivity contribution is -0.119. The lowest BCUT2D eigenvalue weighted by Crippen LogP contribution is -2.30. The predicted octanol–water partition coefficient (Wildman–Crippen LogP) is 3.01. The van der Waals surface area contributed by atoms with E-state index in [0.29, 0.717) is 19.3 Å². The Labute approximate surface area is 174 Å². The molecule has 0 unspecified atom stereocenters. The van der Waals surface area contributed by atoms with Gasteiger partial charge in [0.25, 0.3) is 0 Å². The van der Waals surface area contributed by atoms with Gasteiger partial charge in [0.2, 0.25) is 5.91 Å². The number of fused-ring (bicyclic) bond motifs is 1. The topological polar surface area (TPSA) is 107 Å². The Morgan fingerprint density at radius 3 is 2.73 bits per heavy atom. The van der Waals surface area contributed by atoms with Crippen molar-refractivity contribution in [3.05, 3.63) is 35.5 Å². The summed E-state index contributed by atoms with van der Waals surface area (Å²) in [5.41, 5.74) is 4.40. The Hall–Kier alpha value is -2.68. The minimum atomic E-state index is -3.09. The molecule has 3 aromatic rings. The number of hydrogen-bond donors (Lipinski definition) is 1. The second-order valence-electron chi connectivity index (χ2n) is 8.31. The summed E-state index contributed by atoms with van der Waals surface area (Å²) in [7, 11) is -3.09. The van der Waals surface area contributed by atoms with E-state index in [0.717, 1.165) is 45.9 Å². The highest BCUT2D eigenvalue weighted by molar-refractivity contribution is 7.91. The summed E-state index contributed by atoms with van der Waals surface area (Å²) in [4.78, 5) is 16.7. The third-order valence-corrected chi connectivity index (χ3v) is 7.95. The molecule has 2 fully saturated rings. The highest BCUT2D eigenvalue weighted by atomic mass is 32.2. The predicted molar refractivity (Wildman–Crippen MR) is 112 cm³/mol. The van der Waals surface area contributed by atoms with Gasteiger partial charge < -0.3 is 14.4 Å². The number of rotatable bonds is 3. The summed E-state index contributed by atoms with van der Waals surface area (Å²) in [6.07, 6.45) is 2.55. The third kappa shape index (κ3) is 3.21. The average Bonchev–Trinajstić information content (AvgIpc) is 3.37. The maximum absolute atomic E-state index is 12.3. The molecule has 2 aromatic heterocycles. The van der Waals surface area contributed by atoms with E-state index in [2.05, 4.69) is 15.0 Å². The van der Waals surface area contributed by atoms with E-state index in [9.17, 15) is 13.2 Å². The van der Waals surface area contributed by atoms with Crippen molar-refractivity contribution >= 4 is 26.8 Å². The van der Waals surface area contributed by atoms with Crippen molar-refractivity contribution in [2.24, 2.45) is 0 Å². The zero-order chi connectivity index (χ0) is 21.0. The first-order valence-electron chi connectivity index (χ1n) is 10.3. The van der Waals surface area contributed by atoms with Crippen LogP contribution < -0.4 is 5.32 Å². The number of nitrogens with zero attached hydrogens (tertiary/aromatic N) is 3. The van der Waals surface area contributed by atoms with Crippen molar-refractivity contribution in [3.8, 4) is 11.1 Å². The summed E-state index contributed by atoms with van der Waals surface area (Å²) in [6, 6.07) is 5.62. The molecule has 8 nitrogen and oxygen atoms in total. The van der Waals surface area contributed by atoms with Gasteiger partial charge in [-0.2, -0.15) is 0 Å². The van der Waals surface area contributed by atoms with Crippen LogP contribution in [0.3, 0.4) is 0 Å². The SMILES string of the molecule is Cc1noc(C)c1-c1ccc2c(c1)nc([C@@H]1CCC(=O)N1)n2[C@H]1CCCS(=O)(=O)C1. The Morgan fingerprint density at radius 2 is 2.07 bits per heavy atom. The second kappa shape index (κ2) is 6.94. The Morgan fingerprint density at radius 1 is 1.23 bits per heavy atom. The van der Waals surface area contributed by atoms with Gasteiger partial charge in [-0.25, -0.2) is 13.4 Å². The van der Waals surface area contributed by atoms with Gasteiger partial charge in [-0.15, -0.1) is 0 Å². The van der Waals surface area contributed by atoms with Gasteiger partial charge in [0.05, 0.1) is 34.3 Å². The molecule has 0 radical (unpaired) electrons. The van der Waals surface area contributed by atoms with Crippen molar-refractivity contribution < 1.29 is 17.7 Å². The van der Waals surface area contributed by atoms with E-state index in [1.165, 1.54) is 0 Å². The molecule has 9 heteroatoms. The zero-order valence-corrected chi connectivity index (χ0v) is 17.8. The lowest BCUT2D eigenvalue weighted by Gasteiger charge is -2.27. The van der Waals surface area contributed by atoms with Gasteiger partial charge in [-0.1, -0.05) is 11.2 Å². The molecular weight excluding hydrogens is 404 g/mol. The third-order valence-electron chi connectivity index (χ3n) is 6.15. The molecule has 2 aliphatic heterocycles. The molecular formula is C21H24N4O4S. The van der Waals surface area contributed by atoms with Crippen LogP contribution >= 0.6 is 0 Å². The van der Waals surface area contributed by atoms with Crippen LogP contribution in [0.25, 0.3) is 22.2 Å². The minimum absolute atomic E-state index is 0.00582. The van der Waals surface area contributed by atoms with Crippen molar-refractivity contribution in [3.63, 3.8) is 0 Å². The lowest BCUT2D eigenvalue weighted by atomic mass is 10.0. The first-order chi connectivity index (χ1) is 14.3. The number of imidazole rings is 1. The van der Waals surface area contributed by atoms with Crippen LogP contribution in [-0.2, 0) is 14.6 Å². The summed E-state index contributed by atoms with van der Waals surface area (Å²) in [5, 5.41) is 7.04.